The van der Waals surface area contributed by atoms with Gasteiger partial charge >= 0.3 is 0 Å². The van der Waals surface area contributed by atoms with Gasteiger partial charge in [-0.1, -0.05) is 32.0 Å². The monoisotopic (exact) mass is 204 g/mol. The van der Waals surface area contributed by atoms with Gasteiger partial charge in [0, 0.05) is 5.56 Å². The molecule has 1 rings (SSSR count). The lowest BCUT2D eigenvalue weighted by molar-refractivity contribution is -0.105. The van der Waals surface area contributed by atoms with Crippen LogP contribution in [0.1, 0.15) is 19.4 Å². The Labute approximate surface area is 90.6 Å². The van der Waals surface area contributed by atoms with Gasteiger partial charge in [0.15, 0.2) is 0 Å². The Bertz CT molecular complexity index is 365. The van der Waals surface area contributed by atoms with Gasteiger partial charge in [0.25, 0.3) is 0 Å². The number of benzene rings is 1. The lowest BCUT2D eigenvalue weighted by Crippen LogP contribution is -1.95. The second-order valence-corrected chi connectivity index (χ2v) is 3.66. The Balaban J connectivity index is 3.10. The molecule has 0 N–H and O–H groups in total. The van der Waals surface area contributed by atoms with Gasteiger partial charge in [0.05, 0.1) is 7.11 Å². The molecule has 0 bridgehead atoms. The van der Waals surface area contributed by atoms with Crippen molar-refractivity contribution in [2.45, 2.75) is 13.8 Å². The molecule has 80 valence electrons. The number of aldehydes is 1. The fraction of sp³-hybridized carbons (Fsp3) is 0.308. The normalized spacial score (nSPS) is 11.6. The van der Waals surface area contributed by atoms with E-state index in [0.29, 0.717) is 0 Å². The molecular weight excluding hydrogens is 188 g/mol. The van der Waals surface area contributed by atoms with Crippen LogP contribution < -0.4 is 4.74 Å². The SMILES string of the molecule is COc1ccccc1/C=C(/C=O)C(C)C. The highest BCUT2D eigenvalue weighted by Gasteiger charge is 2.04. The summed E-state index contributed by atoms with van der Waals surface area (Å²) >= 11 is 0. The Morgan fingerprint density at radius 2 is 2.00 bits per heavy atom. The molecule has 0 saturated carbocycles. The van der Waals surface area contributed by atoms with Crippen LogP contribution in [0.4, 0.5) is 0 Å². The highest BCUT2D eigenvalue weighted by molar-refractivity contribution is 5.83. The zero-order valence-corrected chi connectivity index (χ0v) is 9.36. The molecule has 0 heterocycles. The van der Waals surface area contributed by atoms with Crippen molar-refractivity contribution in [1.29, 1.82) is 0 Å². The molecular formula is C13H16O2. The summed E-state index contributed by atoms with van der Waals surface area (Å²) in [6.45, 7) is 3.99. The van der Waals surface area contributed by atoms with Crippen LogP contribution in [-0.2, 0) is 4.79 Å². The summed E-state index contributed by atoms with van der Waals surface area (Å²) in [7, 11) is 1.63. The Morgan fingerprint density at radius 3 is 2.53 bits per heavy atom. The quantitative estimate of drug-likeness (QED) is 0.556. The second-order valence-electron chi connectivity index (χ2n) is 3.66. The lowest BCUT2D eigenvalue weighted by atomic mass is 10.0. The molecule has 1 aromatic carbocycles. The average molecular weight is 204 g/mol. The number of hydrogen-bond donors (Lipinski definition) is 0. The van der Waals surface area contributed by atoms with Crippen LogP contribution in [0.3, 0.4) is 0 Å². The molecule has 0 aliphatic heterocycles. The Morgan fingerprint density at radius 1 is 1.33 bits per heavy atom. The molecule has 0 radical (unpaired) electrons. The van der Waals surface area contributed by atoms with E-state index in [-0.39, 0.29) is 5.92 Å². The minimum atomic E-state index is 0.229. The number of para-hydroxylation sites is 1. The predicted molar refractivity (Wildman–Crippen MR) is 61.9 cm³/mol. The van der Waals surface area contributed by atoms with Crippen molar-refractivity contribution in [3.63, 3.8) is 0 Å². The molecule has 0 unspecified atom stereocenters. The number of rotatable bonds is 4. The van der Waals surface area contributed by atoms with Crippen molar-refractivity contribution < 1.29 is 9.53 Å². The molecule has 1 aromatic rings. The summed E-state index contributed by atoms with van der Waals surface area (Å²) in [6.07, 6.45) is 2.77. The van der Waals surface area contributed by atoms with E-state index in [1.165, 1.54) is 0 Å². The maximum absolute atomic E-state index is 10.8. The first-order chi connectivity index (χ1) is 7.19. The number of hydrogen-bond acceptors (Lipinski definition) is 2. The molecule has 0 saturated heterocycles. The first-order valence-electron chi connectivity index (χ1n) is 4.98. The van der Waals surface area contributed by atoms with E-state index >= 15 is 0 Å². The highest BCUT2D eigenvalue weighted by atomic mass is 16.5. The van der Waals surface area contributed by atoms with Crippen molar-refractivity contribution in [2.75, 3.05) is 7.11 Å². The van der Waals surface area contributed by atoms with Crippen LogP contribution in [0.5, 0.6) is 5.75 Å². The fourth-order valence-electron chi connectivity index (χ4n) is 1.30. The summed E-state index contributed by atoms with van der Waals surface area (Å²) in [4.78, 5) is 10.8. The molecule has 0 aliphatic carbocycles. The zero-order chi connectivity index (χ0) is 11.3. The van der Waals surface area contributed by atoms with E-state index in [2.05, 4.69) is 0 Å². The lowest BCUT2D eigenvalue weighted by Gasteiger charge is -2.07. The van der Waals surface area contributed by atoms with Crippen LogP contribution in [0.15, 0.2) is 29.8 Å². The number of carbonyl (C=O) groups is 1. The van der Waals surface area contributed by atoms with Gasteiger partial charge in [0.1, 0.15) is 12.0 Å². The van der Waals surface area contributed by atoms with E-state index in [0.717, 1.165) is 23.2 Å². The first kappa shape index (κ1) is 11.5. The third kappa shape index (κ3) is 2.94. The topological polar surface area (TPSA) is 26.3 Å². The van der Waals surface area contributed by atoms with Gasteiger partial charge in [-0.25, -0.2) is 0 Å². The third-order valence-electron chi connectivity index (χ3n) is 2.26. The van der Waals surface area contributed by atoms with Crippen molar-refractivity contribution in [1.82, 2.24) is 0 Å². The summed E-state index contributed by atoms with van der Waals surface area (Å²) < 4.78 is 5.21. The van der Waals surface area contributed by atoms with Crippen molar-refractivity contribution in [2.24, 2.45) is 5.92 Å². The fourth-order valence-corrected chi connectivity index (χ4v) is 1.30. The van der Waals surface area contributed by atoms with Gasteiger partial charge in [0.2, 0.25) is 0 Å². The summed E-state index contributed by atoms with van der Waals surface area (Å²) in [5.74, 6) is 1.02. The maximum Gasteiger partial charge on any atom is 0.146 e. The average Bonchev–Trinajstić information content (AvgIpc) is 2.25. The van der Waals surface area contributed by atoms with Crippen LogP contribution in [0.2, 0.25) is 0 Å². The smallest absolute Gasteiger partial charge is 0.146 e. The van der Waals surface area contributed by atoms with E-state index in [4.69, 9.17) is 4.74 Å². The summed E-state index contributed by atoms with van der Waals surface area (Å²) in [5.41, 5.74) is 1.72. The number of carbonyl (C=O) groups excluding carboxylic acids is 1. The molecule has 2 nitrogen and oxygen atoms in total. The van der Waals surface area contributed by atoms with Gasteiger partial charge in [-0.15, -0.1) is 0 Å². The first-order valence-corrected chi connectivity index (χ1v) is 4.98. The number of allylic oxidation sites excluding steroid dienone is 1. The number of methoxy groups -OCH3 is 1. The molecule has 0 fully saturated rings. The van der Waals surface area contributed by atoms with Gasteiger partial charge in [-0.3, -0.25) is 4.79 Å². The van der Waals surface area contributed by atoms with Crippen molar-refractivity contribution >= 4 is 12.4 Å². The molecule has 0 atom stereocenters. The van der Waals surface area contributed by atoms with Crippen molar-refractivity contribution in [3.8, 4) is 5.75 Å². The van der Waals surface area contributed by atoms with Crippen molar-refractivity contribution in [3.05, 3.63) is 35.4 Å². The standard InChI is InChI=1S/C13H16O2/c1-10(2)12(9-14)8-11-6-4-5-7-13(11)15-3/h4-10H,1-3H3/b12-8-. The maximum atomic E-state index is 10.8. The molecule has 2 heteroatoms. The van der Waals surface area contributed by atoms with E-state index in [1.54, 1.807) is 7.11 Å². The highest BCUT2D eigenvalue weighted by Crippen LogP contribution is 2.21. The Hall–Kier alpha value is -1.57. The van der Waals surface area contributed by atoms with Gasteiger partial charge < -0.3 is 4.74 Å². The predicted octanol–water partition coefficient (Wildman–Crippen LogP) is 2.93. The minimum absolute atomic E-state index is 0.229. The molecule has 0 aromatic heterocycles. The van der Waals surface area contributed by atoms with Gasteiger partial charge in [-0.2, -0.15) is 0 Å². The minimum Gasteiger partial charge on any atom is -0.496 e. The summed E-state index contributed by atoms with van der Waals surface area (Å²) in [5, 5.41) is 0. The number of ether oxygens (including phenoxy) is 1. The summed E-state index contributed by atoms with van der Waals surface area (Å²) in [6, 6.07) is 7.66. The van der Waals surface area contributed by atoms with Crippen LogP contribution in [-0.4, -0.2) is 13.4 Å². The van der Waals surface area contributed by atoms with Crippen LogP contribution >= 0.6 is 0 Å². The van der Waals surface area contributed by atoms with E-state index in [9.17, 15) is 4.79 Å². The molecule has 15 heavy (non-hydrogen) atoms. The molecule has 0 amide bonds. The molecule has 0 aliphatic rings. The molecule has 0 spiro atoms. The van der Waals surface area contributed by atoms with E-state index < -0.39 is 0 Å². The largest absolute Gasteiger partial charge is 0.496 e. The van der Waals surface area contributed by atoms with E-state index in [1.807, 2.05) is 44.2 Å². The third-order valence-corrected chi connectivity index (χ3v) is 2.26. The van der Waals surface area contributed by atoms with Crippen LogP contribution in [0, 0.1) is 5.92 Å². The van der Waals surface area contributed by atoms with Crippen LogP contribution in [0.25, 0.3) is 6.08 Å². The zero-order valence-electron chi connectivity index (χ0n) is 9.36. The Kier molecular flexibility index (Phi) is 4.10. The second kappa shape index (κ2) is 5.35. The van der Waals surface area contributed by atoms with Gasteiger partial charge in [-0.05, 0) is 23.6 Å².